The minimum Gasteiger partial charge on any atom is -0.327 e. The molecule has 3 aromatic rings. The Balaban J connectivity index is 1.63. The lowest BCUT2D eigenvalue weighted by Gasteiger charge is -2.16. The second kappa shape index (κ2) is 6.53. The van der Waals surface area contributed by atoms with E-state index in [0.29, 0.717) is 16.5 Å². The van der Waals surface area contributed by atoms with Gasteiger partial charge in [0.05, 0.1) is 17.6 Å². The van der Waals surface area contributed by atoms with E-state index in [1.54, 1.807) is 12.3 Å². The van der Waals surface area contributed by atoms with E-state index in [1.165, 1.54) is 9.70 Å². The number of nitrogens with one attached hydrogen (secondary N) is 1. The summed E-state index contributed by atoms with van der Waals surface area (Å²) >= 11 is 5.35. The van der Waals surface area contributed by atoms with E-state index in [4.69, 9.17) is 12.2 Å². The molecule has 1 N–H and O–H groups in total. The van der Waals surface area contributed by atoms with Crippen LogP contribution in [0.15, 0.2) is 66.5 Å². The quantitative estimate of drug-likeness (QED) is 0.574. The van der Waals surface area contributed by atoms with Crippen molar-refractivity contribution in [2.24, 2.45) is 0 Å². The number of thiocarbonyl (C=S) groups is 1. The summed E-state index contributed by atoms with van der Waals surface area (Å²) in [5.41, 5.74) is 3.53. The highest BCUT2D eigenvalue weighted by Gasteiger charge is 2.32. The van der Waals surface area contributed by atoms with Crippen LogP contribution in [0.5, 0.6) is 0 Å². The van der Waals surface area contributed by atoms with Crippen molar-refractivity contribution < 1.29 is 4.79 Å². The van der Waals surface area contributed by atoms with Crippen LogP contribution in [0.4, 0.5) is 5.69 Å². The molecule has 26 heavy (non-hydrogen) atoms. The van der Waals surface area contributed by atoms with Crippen LogP contribution >= 0.6 is 12.2 Å². The number of anilines is 1. The Morgan fingerprint density at radius 3 is 2.58 bits per heavy atom. The Morgan fingerprint density at radius 1 is 1.08 bits per heavy atom. The normalized spacial score (nSPS) is 15.6. The number of carbonyl (C=O) groups excluding carboxylic acids is 1. The first-order chi connectivity index (χ1) is 12.6. The number of benzene rings is 2. The van der Waals surface area contributed by atoms with Crippen LogP contribution in [0.1, 0.15) is 11.3 Å². The number of para-hydroxylation sites is 2. The predicted molar refractivity (Wildman–Crippen MR) is 104 cm³/mol. The predicted octanol–water partition coefficient (Wildman–Crippen LogP) is 2.84. The fourth-order valence-electron chi connectivity index (χ4n) is 2.74. The van der Waals surface area contributed by atoms with Crippen LogP contribution in [-0.4, -0.2) is 26.0 Å². The van der Waals surface area contributed by atoms with Gasteiger partial charge in [0.1, 0.15) is 11.4 Å². The molecule has 2 aromatic carbocycles. The molecule has 6 nitrogen and oxygen atoms in total. The fraction of sp³-hybridized carbons (Fsp3) is 0.0526. The maximum atomic E-state index is 12.8. The van der Waals surface area contributed by atoms with E-state index in [0.717, 1.165) is 16.9 Å². The number of hydrogen-bond acceptors (Lipinski definition) is 4. The lowest BCUT2D eigenvalue weighted by molar-refractivity contribution is -0.113. The second-order valence-corrected chi connectivity index (χ2v) is 6.20. The molecular weight excluding hydrogens is 346 g/mol. The van der Waals surface area contributed by atoms with Gasteiger partial charge in [0, 0.05) is 0 Å². The molecule has 1 aromatic heterocycles. The van der Waals surface area contributed by atoms with Gasteiger partial charge in [-0.2, -0.15) is 9.90 Å². The SMILES string of the molecule is Cc1ccccc1N1C(=O)/C(=C\c2cnn(-c3ccccc3)n2)NC1=S. The highest BCUT2D eigenvalue weighted by Crippen LogP contribution is 2.25. The van der Waals surface area contributed by atoms with Gasteiger partial charge in [0.25, 0.3) is 5.91 Å². The van der Waals surface area contributed by atoms with E-state index >= 15 is 0 Å². The lowest BCUT2D eigenvalue weighted by Crippen LogP contribution is -2.30. The Hall–Kier alpha value is -3.32. The number of aryl methyl sites for hydroxylation is 1. The molecule has 1 amide bonds. The smallest absolute Gasteiger partial charge is 0.281 e. The standard InChI is InChI=1S/C19H15N5OS/c1-13-7-5-6-10-17(13)23-18(25)16(21-19(23)26)11-14-12-20-24(22-14)15-8-3-2-4-9-15/h2-12H,1H3,(H,21,26)/b16-11+. The maximum Gasteiger partial charge on any atom is 0.281 e. The minimum absolute atomic E-state index is 0.210. The Morgan fingerprint density at radius 2 is 1.81 bits per heavy atom. The monoisotopic (exact) mass is 361 g/mol. The van der Waals surface area contributed by atoms with Crippen molar-refractivity contribution in [2.75, 3.05) is 4.90 Å². The molecule has 1 aliphatic heterocycles. The summed E-state index contributed by atoms with van der Waals surface area (Å²) in [5.74, 6) is -0.210. The average Bonchev–Trinajstić information content (AvgIpc) is 3.22. The summed E-state index contributed by atoms with van der Waals surface area (Å²) < 4.78 is 0. The summed E-state index contributed by atoms with van der Waals surface area (Å²) in [5, 5.41) is 12.0. The third-order valence-electron chi connectivity index (χ3n) is 4.02. The van der Waals surface area contributed by atoms with Crippen molar-refractivity contribution in [2.45, 2.75) is 6.92 Å². The van der Waals surface area contributed by atoms with Crippen LogP contribution in [0.2, 0.25) is 0 Å². The van der Waals surface area contributed by atoms with Crippen molar-refractivity contribution in [3.05, 3.63) is 77.7 Å². The second-order valence-electron chi connectivity index (χ2n) is 5.81. The van der Waals surface area contributed by atoms with Gasteiger partial charge in [-0.15, -0.1) is 5.10 Å². The molecule has 4 rings (SSSR count). The number of rotatable bonds is 3. The molecular formula is C19H15N5OS. The van der Waals surface area contributed by atoms with Gasteiger partial charge in [-0.05, 0) is 49.0 Å². The first-order valence-electron chi connectivity index (χ1n) is 8.04. The minimum atomic E-state index is -0.210. The molecule has 0 aliphatic carbocycles. The summed E-state index contributed by atoms with van der Waals surface area (Å²) in [6.45, 7) is 1.94. The Labute approximate surface area is 155 Å². The largest absolute Gasteiger partial charge is 0.327 e. The van der Waals surface area contributed by atoms with E-state index in [1.807, 2.05) is 61.5 Å². The fourth-order valence-corrected chi connectivity index (χ4v) is 3.03. The van der Waals surface area contributed by atoms with Crippen LogP contribution in [0, 0.1) is 6.92 Å². The molecule has 0 unspecified atom stereocenters. The van der Waals surface area contributed by atoms with E-state index in [2.05, 4.69) is 15.5 Å². The number of aromatic nitrogens is 3. The van der Waals surface area contributed by atoms with Gasteiger partial charge in [-0.25, -0.2) is 0 Å². The zero-order chi connectivity index (χ0) is 18.1. The van der Waals surface area contributed by atoms with E-state index in [9.17, 15) is 4.79 Å². The highest BCUT2D eigenvalue weighted by atomic mass is 32.1. The van der Waals surface area contributed by atoms with Gasteiger partial charge in [0.15, 0.2) is 5.11 Å². The van der Waals surface area contributed by atoms with Crippen molar-refractivity contribution >= 4 is 35.0 Å². The maximum absolute atomic E-state index is 12.8. The summed E-state index contributed by atoms with van der Waals surface area (Å²) in [7, 11) is 0. The Kier molecular flexibility index (Phi) is 4.06. The first kappa shape index (κ1) is 16.2. The van der Waals surface area contributed by atoms with Crippen molar-refractivity contribution in [1.29, 1.82) is 0 Å². The van der Waals surface area contributed by atoms with Crippen LogP contribution < -0.4 is 10.2 Å². The van der Waals surface area contributed by atoms with Crippen molar-refractivity contribution in [1.82, 2.24) is 20.3 Å². The molecule has 0 atom stereocenters. The molecule has 1 fully saturated rings. The average molecular weight is 361 g/mol. The summed E-state index contributed by atoms with van der Waals surface area (Å²) in [4.78, 5) is 15.8. The van der Waals surface area contributed by atoms with Gasteiger partial charge in [-0.1, -0.05) is 36.4 Å². The highest BCUT2D eigenvalue weighted by molar-refractivity contribution is 7.80. The Bertz CT molecular complexity index is 1030. The van der Waals surface area contributed by atoms with Crippen molar-refractivity contribution in [3.63, 3.8) is 0 Å². The summed E-state index contributed by atoms with van der Waals surface area (Å²) in [6.07, 6.45) is 3.26. The third-order valence-corrected chi connectivity index (χ3v) is 4.31. The molecule has 0 spiro atoms. The number of nitrogens with zero attached hydrogens (tertiary/aromatic N) is 4. The number of hydrogen-bond donors (Lipinski definition) is 1. The molecule has 0 saturated carbocycles. The van der Waals surface area contributed by atoms with Gasteiger partial charge >= 0.3 is 0 Å². The number of carbonyl (C=O) groups is 1. The van der Waals surface area contributed by atoms with Crippen LogP contribution in [0.25, 0.3) is 11.8 Å². The molecule has 2 heterocycles. The zero-order valence-corrected chi connectivity index (χ0v) is 14.8. The van der Waals surface area contributed by atoms with E-state index in [-0.39, 0.29) is 5.91 Å². The third kappa shape index (κ3) is 2.89. The molecule has 1 aliphatic rings. The van der Waals surface area contributed by atoms with Crippen LogP contribution in [0.3, 0.4) is 0 Å². The summed E-state index contributed by atoms with van der Waals surface area (Å²) in [6, 6.07) is 17.2. The topological polar surface area (TPSA) is 63.1 Å². The molecule has 7 heteroatoms. The molecule has 0 radical (unpaired) electrons. The lowest BCUT2D eigenvalue weighted by atomic mass is 10.2. The first-order valence-corrected chi connectivity index (χ1v) is 8.45. The van der Waals surface area contributed by atoms with Gasteiger partial charge in [-0.3, -0.25) is 9.69 Å². The zero-order valence-electron chi connectivity index (χ0n) is 14.0. The van der Waals surface area contributed by atoms with Crippen LogP contribution in [-0.2, 0) is 4.79 Å². The van der Waals surface area contributed by atoms with Gasteiger partial charge in [0.2, 0.25) is 0 Å². The van der Waals surface area contributed by atoms with Crippen molar-refractivity contribution in [3.8, 4) is 5.69 Å². The van der Waals surface area contributed by atoms with Gasteiger partial charge < -0.3 is 5.32 Å². The molecule has 1 saturated heterocycles. The van der Waals surface area contributed by atoms with E-state index < -0.39 is 0 Å². The molecule has 128 valence electrons. The molecule has 0 bridgehead atoms. The number of amides is 1.